The van der Waals surface area contributed by atoms with Gasteiger partial charge in [-0.3, -0.25) is 0 Å². The lowest BCUT2D eigenvalue weighted by Gasteiger charge is -2.28. The maximum atomic E-state index is 9.18. The molecule has 0 spiro atoms. The van der Waals surface area contributed by atoms with Gasteiger partial charge in [0.2, 0.25) is 0 Å². The summed E-state index contributed by atoms with van der Waals surface area (Å²) in [5.41, 5.74) is 12.3. The number of nitrogens with zero attached hydrogens (tertiary/aromatic N) is 2. The molecular weight excluding hydrogens is 677 g/mol. The average Bonchev–Trinajstić information content (AvgIpc) is 3.32. The van der Waals surface area contributed by atoms with Crippen molar-refractivity contribution in [3.05, 3.63) is 243 Å². The molecule has 0 unspecified atom stereocenters. The van der Waals surface area contributed by atoms with E-state index in [1.807, 2.05) is 97.1 Å². The second kappa shape index (κ2) is 15.9. The fourth-order valence-electron chi connectivity index (χ4n) is 7.15. The van der Waals surface area contributed by atoms with E-state index in [1.54, 1.807) is 4.90 Å². The van der Waals surface area contributed by atoms with Gasteiger partial charge in [-0.2, -0.15) is 0 Å². The molecule has 0 saturated carbocycles. The van der Waals surface area contributed by atoms with Gasteiger partial charge in [0.15, 0.2) is 0 Å². The molecule has 0 saturated heterocycles. The lowest BCUT2D eigenvalue weighted by Crippen LogP contribution is -2.11. The van der Waals surface area contributed by atoms with Crippen LogP contribution in [0.1, 0.15) is 5.48 Å². The second-order valence-electron chi connectivity index (χ2n) is 13.5. The van der Waals surface area contributed by atoms with Gasteiger partial charge in [-0.25, -0.2) is 0 Å². The summed E-state index contributed by atoms with van der Waals surface area (Å²) in [4.78, 5) is 4.09. The smallest absolute Gasteiger partial charge is 0.0645 e. The average molecular weight is 721 g/mol. The Bertz CT molecular complexity index is 2800. The number of hydrogen-bond donors (Lipinski definition) is 0. The molecule has 2 nitrogen and oxygen atoms in total. The van der Waals surface area contributed by atoms with Gasteiger partial charge in [0, 0.05) is 34.0 Å². The normalized spacial score (nSPS) is 11.9. The molecule has 0 fully saturated rings. The summed E-state index contributed by atoms with van der Waals surface area (Å²) in [6.45, 7) is 0. The maximum Gasteiger partial charge on any atom is 0.0645 e. The second-order valence-corrected chi connectivity index (χ2v) is 13.5. The van der Waals surface area contributed by atoms with E-state index in [2.05, 4.69) is 126 Å². The van der Waals surface area contributed by atoms with Crippen molar-refractivity contribution >= 4 is 34.1 Å². The highest BCUT2D eigenvalue weighted by Gasteiger charge is 2.18. The van der Waals surface area contributed by atoms with Crippen molar-refractivity contribution in [2.45, 2.75) is 0 Å². The standard InChI is InChI=1S/C54H40N2/c1-5-15-41(16-6-1)44-31-37-51(38-32-44)56(54-24-14-13-23-53(54)47-17-7-2-8-18-47)52-39-33-46(34-40-52)43-27-25-42(26-28-43)45-29-35-50(36-30-45)55(48-19-9-3-10-20-48)49-21-11-4-12-22-49/h1-40H/i29D,30D,35D,36D. The minimum atomic E-state index is -0.105. The predicted octanol–water partition coefficient (Wildman–Crippen LogP) is 15.3. The molecule has 9 aromatic rings. The van der Waals surface area contributed by atoms with Gasteiger partial charge in [-0.1, -0.05) is 176 Å². The molecule has 0 aliphatic heterocycles. The Labute approximate surface area is 335 Å². The Morgan fingerprint density at radius 3 is 1.05 bits per heavy atom. The monoisotopic (exact) mass is 720 g/mol. The summed E-state index contributed by atoms with van der Waals surface area (Å²) in [7, 11) is 0. The van der Waals surface area contributed by atoms with Crippen molar-refractivity contribution in [1.29, 1.82) is 0 Å². The van der Waals surface area contributed by atoms with E-state index in [1.165, 1.54) is 5.56 Å². The third kappa shape index (κ3) is 7.24. The minimum Gasteiger partial charge on any atom is -0.311 e. The van der Waals surface area contributed by atoms with E-state index < -0.39 is 0 Å². The first-order valence-electron chi connectivity index (χ1n) is 20.8. The summed E-state index contributed by atoms with van der Waals surface area (Å²) in [6.07, 6.45) is 0. The van der Waals surface area contributed by atoms with E-state index in [4.69, 9.17) is 2.74 Å². The summed E-state index contributed by atoms with van der Waals surface area (Å²) in [5.74, 6) is 0. The first kappa shape index (κ1) is 30.0. The molecule has 0 amide bonds. The Morgan fingerprint density at radius 2 is 0.571 bits per heavy atom. The highest BCUT2D eigenvalue weighted by molar-refractivity contribution is 5.89. The van der Waals surface area contributed by atoms with Gasteiger partial charge >= 0.3 is 0 Å². The number of benzene rings is 9. The highest BCUT2D eigenvalue weighted by atomic mass is 15.1. The molecule has 0 aliphatic carbocycles. The Hall–Kier alpha value is -7.42. The molecule has 0 heterocycles. The zero-order valence-corrected chi connectivity index (χ0v) is 30.7. The van der Waals surface area contributed by atoms with E-state index in [0.717, 1.165) is 56.3 Å². The molecule has 2 heteroatoms. The SMILES string of the molecule is [2H]c1c([2H])c(N(c2ccccc2)c2ccccc2)c([2H])c([2H])c1-c1ccc(-c2ccc(N(c3ccc(-c4ccccc4)cc3)c3ccccc3-c3ccccc3)cc2)cc1. The van der Waals surface area contributed by atoms with Crippen molar-refractivity contribution in [3.8, 4) is 44.5 Å². The first-order valence-corrected chi connectivity index (χ1v) is 18.8. The van der Waals surface area contributed by atoms with E-state index in [9.17, 15) is 2.74 Å². The van der Waals surface area contributed by atoms with Crippen molar-refractivity contribution in [2.24, 2.45) is 0 Å². The van der Waals surface area contributed by atoms with Crippen LogP contribution < -0.4 is 9.80 Å². The minimum absolute atomic E-state index is 0.0901. The third-order valence-corrected chi connectivity index (χ3v) is 9.96. The molecule has 56 heavy (non-hydrogen) atoms. The van der Waals surface area contributed by atoms with Crippen LogP contribution in [0.5, 0.6) is 0 Å². The van der Waals surface area contributed by atoms with Crippen molar-refractivity contribution in [1.82, 2.24) is 0 Å². The van der Waals surface area contributed by atoms with E-state index in [0.29, 0.717) is 5.56 Å². The van der Waals surface area contributed by atoms with Gasteiger partial charge < -0.3 is 9.80 Å². The van der Waals surface area contributed by atoms with Crippen LogP contribution in [0.2, 0.25) is 0 Å². The molecule has 266 valence electrons. The largest absolute Gasteiger partial charge is 0.311 e. The van der Waals surface area contributed by atoms with Crippen LogP contribution in [-0.2, 0) is 0 Å². The number of anilines is 6. The molecule has 0 N–H and O–H groups in total. The van der Waals surface area contributed by atoms with Gasteiger partial charge in [-0.05, 0) is 106 Å². The fourth-order valence-corrected chi connectivity index (χ4v) is 7.15. The van der Waals surface area contributed by atoms with Gasteiger partial charge in [0.05, 0.1) is 11.2 Å². The quantitative estimate of drug-likeness (QED) is 0.139. The lowest BCUT2D eigenvalue weighted by molar-refractivity contribution is 1.28. The molecule has 0 aliphatic rings. The van der Waals surface area contributed by atoms with Crippen LogP contribution in [0, 0.1) is 0 Å². The predicted molar refractivity (Wildman–Crippen MR) is 238 cm³/mol. The Balaban J connectivity index is 1.06. The molecule has 0 aromatic heterocycles. The van der Waals surface area contributed by atoms with E-state index >= 15 is 0 Å². The molecular formula is C54H40N2. The van der Waals surface area contributed by atoms with Crippen molar-refractivity contribution < 1.29 is 5.48 Å². The molecule has 0 bridgehead atoms. The zero-order valence-electron chi connectivity index (χ0n) is 34.7. The summed E-state index contributed by atoms with van der Waals surface area (Å²) >= 11 is 0. The fraction of sp³-hybridized carbons (Fsp3) is 0. The maximum absolute atomic E-state index is 9.18. The van der Waals surface area contributed by atoms with E-state index in [-0.39, 0.29) is 35.4 Å². The summed E-state index contributed by atoms with van der Waals surface area (Å²) < 4.78 is 36.7. The Morgan fingerprint density at radius 1 is 0.232 bits per heavy atom. The highest BCUT2D eigenvalue weighted by Crippen LogP contribution is 2.42. The summed E-state index contributed by atoms with van der Waals surface area (Å²) in [6, 6.07) is 73.0. The zero-order chi connectivity index (χ0) is 41.0. The molecule has 9 aromatic carbocycles. The van der Waals surface area contributed by atoms with Crippen LogP contribution in [0.25, 0.3) is 44.5 Å². The van der Waals surface area contributed by atoms with Crippen LogP contribution in [0.15, 0.2) is 243 Å². The first-order chi connectivity index (χ1) is 29.5. The van der Waals surface area contributed by atoms with Gasteiger partial charge in [0.1, 0.15) is 0 Å². The topological polar surface area (TPSA) is 6.48 Å². The summed E-state index contributed by atoms with van der Waals surface area (Å²) in [5, 5.41) is 0. The van der Waals surface area contributed by atoms with Crippen LogP contribution in [0.4, 0.5) is 34.1 Å². The molecule has 0 atom stereocenters. The van der Waals surface area contributed by atoms with Crippen molar-refractivity contribution in [3.63, 3.8) is 0 Å². The van der Waals surface area contributed by atoms with Gasteiger partial charge in [-0.15, -0.1) is 0 Å². The van der Waals surface area contributed by atoms with Crippen molar-refractivity contribution in [2.75, 3.05) is 9.80 Å². The molecule has 9 rings (SSSR count). The Kier molecular flexibility index (Phi) is 8.51. The number of rotatable bonds is 10. The van der Waals surface area contributed by atoms with Crippen LogP contribution >= 0.6 is 0 Å². The number of para-hydroxylation sites is 3. The lowest BCUT2D eigenvalue weighted by atomic mass is 9.99. The van der Waals surface area contributed by atoms with Crippen LogP contribution in [-0.4, -0.2) is 0 Å². The third-order valence-electron chi connectivity index (χ3n) is 9.96. The van der Waals surface area contributed by atoms with Crippen LogP contribution in [0.3, 0.4) is 0 Å². The molecule has 0 radical (unpaired) electrons. The number of hydrogen-bond acceptors (Lipinski definition) is 2. The van der Waals surface area contributed by atoms with Gasteiger partial charge in [0.25, 0.3) is 0 Å².